The van der Waals surface area contributed by atoms with E-state index in [0.717, 1.165) is 11.1 Å². The minimum atomic E-state index is -3.82. The molecule has 0 radical (unpaired) electrons. The highest BCUT2D eigenvalue weighted by atomic mass is 32.2. The summed E-state index contributed by atoms with van der Waals surface area (Å²) in [6.45, 7) is 5.41. The molecule has 0 N–H and O–H groups in total. The van der Waals surface area contributed by atoms with E-state index in [1.807, 2.05) is 37.3 Å². The van der Waals surface area contributed by atoms with E-state index in [0.29, 0.717) is 17.9 Å². The van der Waals surface area contributed by atoms with Crippen molar-refractivity contribution in [3.8, 4) is 0 Å². The Balaban J connectivity index is 1.64. The number of hydrogen-bond acceptors (Lipinski definition) is 6. The molecule has 164 valence electrons. The van der Waals surface area contributed by atoms with Crippen LogP contribution in [0, 0.1) is 12.8 Å². The molecule has 0 saturated carbocycles. The van der Waals surface area contributed by atoms with Crippen LogP contribution in [0.25, 0.3) is 0 Å². The Kier molecular flexibility index (Phi) is 6.01. The Labute approximate surface area is 182 Å². The number of allylic oxidation sites excluding steroid dienone is 1. The highest BCUT2D eigenvalue weighted by Gasteiger charge is 2.58. The third kappa shape index (κ3) is 4.18. The van der Waals surface area contributed by atoms with E-state index >= 15 is 0 Å². The Bertz CT molecular complexity index is 1090. The molecule has 7 heteroatoms. The summed E-state index contributed by atoms with van der Waals surface area (Å²) >= 11 is 0. The number of rotatable bonds is 7. The molecule has 2 aromatic carbocycles. The first-order valence-corrected chi connectivity index (χ1v) is 11.8. The van der Waals surface area contributed by atoms with Crippen LogP contribution < -0.4 is 0 Å². The number of ether oxygens (including phenoxy) is 3. The number of carbonyl (C=O) groups is 1. The van der Waals surface area contributed by atoms with Crippen molar-refractivity contribution in [3.63, 3.8) is 0 Å². The molecule has 2 aliphatic rings. The highest BCUT2D eigenvalue weighted by molar-refractivity contribution is 7.92. The van der Waals surface area contributed by atoms with Crippen molar-refractivity contribution >= 4 is 15.6 Å². The standard InChI is InChI=1S/C24H26O6S/c1-15-9-11-19(12-10-15)31(26,27)23-20(14-28-13-18-7-5-4-6-8-18)30-24-22(23)21(16(2)25)17(3)29-24/h4-12,20,22-24H,13-14H2,1-3H3/t20-,22+,23-,24-/m1/s1. The average Bonchev–Trinajstić information content (AvgIpc) is 3.22. The highest BCUT2D eigenvalue weighted by Crippen LogP contribution is 2.46. The van der Waals surface area contributed by atoms with Crippen molar-refractivity contribution in [2.75, 3.05) is 6.61 Å². The zero-order valence-electron chi connectivity index (χ0n) is 17.8. The van der Waals surface area contributed by atoms with E-state index in [-0.39, 0.29) is 17.3 Å². The number of Topliss-reactive ketones (excluding diaryl/α,β-unsaturated/α-hetero) is 1. The summed E-state index contributed by atoms with van der Waals surface area (Å²) in [5, 5.41) is -0.979. The number of benzene rings is 2. The van der Waals surface area contributed by atoms with Gasteiger partial charge in [0.05, 0.1) is 24.0 Å². The summed E-state index contributed by atoms with van der Waals surface area (Å²) in [7, 11) is -3.82. The van der Waals surface area contributed by atoms with Crippen molar-refractivity contribution in [2.45, 2.75) is 49.9 Å². The molecule has 4 atom stereocenters. The summed E-state index contributed by atoms with van der Waals surface area (Å²) in [5.41, 5.74) is 2.33. The first kappa shape index (κ1) is 21.7. The number of fused-ring (bicyclic) bond motifs is 1. The van der Waals surface area contributed by atoms with E-state index in [1.54, 1.807) is 31.2 Å². The van der Waals surface area contributed by atoms with Gasteiger partial charge in [-0.3, -0.25) is 4.79 Å². The van der Waals surface area contributed by atoms with Gasteiger partial charge in [-0.1, -0.05) is 48.0 Å². The van der Waals surface area contributed by atoms with Gasteiger partial charge >= 0.3 is 0 Å². The van der Waals surface area contributed by atoms with Crippen LogP contribution in [0.2, 0.25) is 0 Å². The van der Waals surface area contributed by atoms with E-state index in [9.17, 15) is 13.2 Å². The smallest absolute Gasteiger partial charge is 0.208 e. The maximum Gasteiger partial charge on any atom is 0.208 e. The van der Waals surface area contributed by atoms with E-state index in [1.165, 1.54) is 6.92 Å². The van der Waals surface area contributed by atoms with Gasteiger partial charge in [0.15, 0.2) is 15.6 Å². The van der Waals surface area contributed by atoms with Crippen LogP contribution in [0.3, 0.4) is 0 Å². The van der Waals surface area contributed by atoms with Gasteiger partial charge in [0.1, 0.15) is 17.1 Å². The fourth-order valence-corrected chi connectivity index (χ4v) is 6.38. The minimum Gasteiger partial charge on any atom is -0.468 e. The fraction of sp³-hybridized carbons (Fsp3) is 0.375. The molecule has 2 aliphatic heterocycles. The van der Waals surface area contributed by atoms with Crippen molar-refractivity contribution in [3.05, 3.63) is 77.1 Å². The normalized spacial score (nSPS) is 25.4. The first-order chi connectivity index (χ1) is 14.8. The van der Waals surface area contributed by atoms with Crippen LogP contribution in [-0.4, -0.2) is 38.5 Å². The Hall–Kier alpha value is -2.48. The molecule has 31 heavy (non-hydrogen) atoms. The maximum absolute atomic E-state index is 13.7. The van der Waals surface area contributed by atoms with Gasteiger partial charge in [-0.25, -0.2) is 8.42 Å². The van der Waals surface area contributed by atoms with Gasteiger partial charge in [0.25, 0.3) is 0 Å². The molecule has 2 heterocycles. The molecule has 6 nitrogen and oxygen atoms in total. The SMILES string of the molecule is CC(=O)C1=C(C)O[C@@H]2O[C@H](COCc3ccccc3)[C@@H](S(=O)(=O)c3ccc(C)cc3)[C@H]12. The third-order valence-electron chi connectivity index (χ3n) is 5.81. The predicted molar refractivity (Wildman–Crippen MR) is 115 cm³/mol. The van der Waals surface area contributed by atoms with Crippen molar-refractivity contribution in [1.29, 1.82) is 0 Å². The largest absolute Gasteiger partial charge is 0.468 e. The Morgan fingerprint density at radius 1 is 1.03 bits per heavy atom. The maximum atomic E-state index is 13.7. The van der Waals surface area contributed by atoms with Gasteiger partial charge in [-0.05, 0) is 38.5 Å². The van der Waals surface area contributed by atoms with Crippen LogP contribution in [0.1, 0.15) is 25.0 Å². The second kappa shape index (κ2) is 8.57. The molecular formula is C24H26O6S. The molecule has 0 unspecified atom stereocenters. The molecule has 0 bridgehead atoms. The van der Waals surface area contributed by atoms with Gasteiger partial charge in [0, 0.05) is 5.57 Å². The van der Waals surface area contributed by atoms with Crippen LogP contribution in [-0.2, 0) is 35.4 Å². The third-order valence-corrected chi connectivity index (χ3v) is 8.05. The van der Waals surface area contributed by atoms with E-state index < -0.39 is 33.4 Å². The van der Waals surface area contributed by atoms with Gasteiger partial charge in [-0.15, -0.1) is 0 Å². The van der Waals surface area contributed by atoms with Gasteiger partial charge in [-0.2, -0.15) is 0 Å². The first-order valence-electron chi connectivity index (χ1n) is 10.2. The summed E-state index contributed by atoms with van der Waals surface area (Å²) < 4.78 is 44.9. The number of carbonyl (C=O) groups excluding carboxylic acids is 1. The number of aryl methyl sites for hydroxylation is 1. The number of ketones is 1. The quantitative estimate of drug-likeness (QED) is 0.652. The second-order valence-corrected chi connectivity index (χ2v) is 10.1. The van der Waals surface area contributed by atoms with Gasteiger partial charge < -0.3 is 14.2 Å². The molecule has 0 amide bonds. The van der Waals surface area contributed by atoms with Crippen LogP contribution in [0.4, 0.5) is 0 Å². The Morgan fingerprint density at radius 2 is 1.71 bits per heavy atom. The van der Waals surface area contributed by atoms with Crippen molar-refractivity contribution in [2.24, 2.45) is 5.92 Å². The van der Waals surface area contributed by atoms with E-state index in [2.05, 4.69) is 0 Å². The molecule has 0 aliphatic carbocycles. The monoisotopic (exact) mass is 442 g/mol. The topological polar surface area (TPSA) is 78.9 Å². The minimum absolute atomic E-state index is 0.0746. The molecule has 2 aromatic rings. The molecule has 0 aromatic heterocycles. The zero-order valence-corrected chi connectivity index (χ0v) is 18.6. The van der Waals surface area contributed by atoms with Crippen LogP contribution >= 0.6 is 0 Å². The molecule has 1 fully saturated rings. The van der Waals surface area contributed by atoms with Crippen molar-refractivity contribution in [1.82, 2.24) is 0 Å². The summed E-state index contributed by atoms with van der Waals surface area (Å²) in [5.74, 6) is -0.465. The lowest BCUT2D eigenvalue weighted by molar-refractivity contribution is -0.122. The molecule has 4 rings (SSSR count). The van der Waals surface area contributed by atoms with E-state index in [4.69, 9.17) is 14.2 Å². The molecule has 0 spiro atoms. The zero-order chi connectivity index (χ0) is 22.2. The fourth-order valence-electron chi connectivity index (χ4n) is 4.36. The number of hydrogen-bond donors (Lipinski definition) is 0. The Morgan fingerprint density at radius 3 is 2.35 bits per heavy atom. The van der Waals surface area contributed by atoms with Crippen molar-refractivity contribution < 1.29 is 27.4 Å². The van der Waals surface area contributed by atoms with Crippen LogP contribution in [0.15, 0.2) is 70.8 Å². The lowest BCUT2D eigenvalue weighted by Crippen LogP contribution is -2.39. The number of sulfone groups is 1. The predicted octanol–water partition coefficient (Wildman–Crippen LogP) is 3.59. The molecular weight excluding hydrogens is 416 g/mol. The van der Waals surface area contributed by atoms with Gasteiger partial charge in [0.2, 0.25) is 6.29 Å². The summed E-state index contributed by atoms with van der Waals surface area (Å²) in [6, 6.07) is 16.4. The van der Waals surface area contributed by atoms with Crippen LogP contribution in [0.5, 0.6) is 0 Å². The lowest BCUT2D eigenvalue weighted by atomic mass is 9.92. The molecule has 1 saturated heterocycles. The lowest BCUT2D eigenvalue weighted by Gasteiger charge is -2.23. The summed E-state index contributed by atoms with van der Waals surface area (Å²) in [4.78, 5) is 12.5. The second-order valence-electron chi connectivity index (χ2n) is 8.04. The summed E-state index contributed by atoms with van der Waals surface area (Å²) in [6.07, 6.45) is -1.57. The average molecular weight is 443 g/mol.